The smallest absolute Gasteiger partial charge is 0.260 e. The van der Waals surface area contributed by atoms with Gasteiger partial charge in [-0.1, -0.05) is 13.8 Å². The molecule has 5 nitrogen and oxygen atoms in total. The van der Waals surface area contributed by atoms with E-state index in [1.807, 2.05) is 18.2 Å². The third-order valence-corrected chi connectivity index (χ3v) is 4.90. The Balaban J connectivity index is 2.06. The van der Waals surface area contributed by atoms with Crippen molar-refractivity contribution in [1.82, 2.24) is 9.55 Å². The molecular formula is C19H22BrN3O2. The van der Waals surface area contributed by atoms with Crippen molar-refractivity contribution in [2.75, 3.05) is 6.61 Å². The summed E-state index contributed by atoms with van der Waals surface area (Å²) in [6.07, 6.45) is 4.21. The van der Waals surface area contributed by atoms with Gasteiger partial charge in [0.2, 0.25) is 0 Å². The van der Waals surface area contributed by atoms with Crippen LogP contribution in [0.1, 0.15) is 20.3 Å². The standard InChI is InChI=1S/C19H22BrN3O2/c1-11(2)6-12(21)10-25-18-8-17-14(7-16(18)20)13-4-5-22-9-15(13)19(24)23(17)3/h4-5,7-9,11-12H,6,10,21H2,1-3H3. The summed E-state index contributed by atoms with van der Waals surface area (Å²) >= 11 is 3.58. The van der Waals surface area contributed by atoms with E-state index in [-0.39, 0.29) is 11.6 Å². The molecule has 2 heterocycles. The molecule has 1 unspecified atom stereocenters. The van der Waals surface area contributed by atoms with Gasteiger partial charge in [0.15, 0.2) is 0 Å². The number of halogens is 1. The molecule has 132 valence electrons. The monoisotopic (exact) mass is 403 g/mol. The highest BCUT2D eigenvalue weighted by atomic mass is 79.9. The van der Waals surface area contributed by atoms with E-state index in [1.165, 1.54) is 0 Å². The molecule has 0 aliphatic heterocycles. The molecule has 0 aliphatic rings. The number of rotatable bonds is 5. The summed E-state index contributed by atoms with van der Waals surface area (Å²) in [5.74, 6) is 1.22. The van der Waals surface area contributed by atoms with E-state index in [9.17, 15) is 4.79 Å². The highest BCUT2D eigenvalue weighted by Gasteiger charge is 2.13. The van der Waals surface area contributed by atoms with Gasteiger partial charge in [-0.3, -0.25) is 9.78 Å². The maximum atomic E-state index is 12.6. The average molecular weight is 404 g/mol. The molecule has 0 radical (unpaired) electrons. The van der Waals surface area contributed by atoms with Gasteiger partial charge >= 0.3 is 0 Å². The molecule has 0 saturated carbocycles. The van der Waals surface area contributed by atoms with Crippen LogP contribution in [0.15, 0.2) is 39.9 Å². The van der Waals surface area contributed by atoms with E-state index >= 15 is 0 Å². The third kappa shape index (κ3) is 3.55. The van der Waals surface area contributed by atoms with Gasteiger partial charge in [-0.25, -0.2) is 0 Å². The molecule has 1 aromatic carbocycles. The Kier molecular flexibility index (Phi) is 5.11. The molecule has 0 bridgehead atoms. The lowest BCUT2D eigenvalue weighted by Crippen LogP contribution is -2.29. The summed E-state index contributed by atoms with van der Waals surface area (Å²) in [6.45, 7) is 4.72. The van der Waals surface area contributed by atoms with Gasteiger partial charge in [-0.2, -0.15) is 0 Å². The highest BCUT2D eigenvalue weighted by molar-refractivity contribution is 9.10. The van der Waals surface area contributed by atoms with Crippen LogP contribution in [-0.2, 0) is 7.05 Å². The lowest BCUT2D eigenvalue weighted by molar-refractivity contribution is 0.270. The Bertz CT molecular complexity index is 982. The first-order valence-corrected chi connectivity index (χ1v) is 9.12. The van der Waals surface area contributed by atoms with Gasteiger partial charge in [-0.15, -0.1) is 0 Å². The summed E-state index contributed by atoms with van der Waals surface area (Å²) in [5.41, 5.74) is 6.86. The largest absolute Gasteiger partial charge is 0.491 e. The number of fused-ring (bicyclic) bond motifs is 3. The Morgan fingerprint density at radius 3 is 2.76 bits per heavy atom. The Hall–Kier alpha value is -1.92. The topological polar surface area (TPSA) is 70.1 Å². The minimum Gasteiger partial charge on any atom is -0.491 e. The molecule has 25 heavy (non-hydrogen) atoms. The molecule has 3 aromatic rings. The summed E-state index contributed by atoms with van der Waals surface area (Å²) < 4.78 is 8.39. The van der Waals surface area contributed by atoms with Crippen LogP contribution in [0.5, 0.6) is 5.75 Å². The van der Waals surface area contributed by atoms with E-state index in [1.54, 1.807) is 24.0 Å². The van der Waals surface area contributed by atoms with Crippen molar-refractivity contribution in [1.29, 1.82) is 0 Å². The quantitative estimate of drug-likeness (QED) is 0.660. The lowest BCUT2D eigenvalue weighted by Gasteiger charge is -2.17. The Labute approximate surface area is 154 Å². The maximum Gasteiger partial charge on any atom is 0.260 e. The molecule has 0 saturated heterocycles. The van der Waals surface area contributed by atoms with Crippen LogP contribution < -0.4 is 16.0 Å². The number of hydrogen-bond acceptors (Lipinski definition) is 4. The number of hydrogen-bond donors (Lipinski definition) is 1. The number of pyridine rings is 2. The van der Waals surface area contributed by atoms with Crippen LogP contribution >= 0.6 is 15.9 Å². The van der Waals surface area contributed by atoms with Gasteiger partial charge in [0.25, 0.3) is 5.56 Å². The zero-order valence-corrected chi connectivity index (χ0v) is 16.2. The van der Waals surface area contributed by atoms with Crippen molar-refractivity contribution in [2.45, 2.75) is 26.3 Å². The second kappa shape index (κ2) is 7.14. The first-order valence-electron chi connectivity index (χ1n) is 8.32. The van der Waals surface area contributed by atoms with Crippen LogP contribution in [0.3, 0.4) is 0 Å². The first-order chi connectivity index (χ1) is 11.9. The molecule has 0 amide bonds. The van der Waals surface area contributed by atoms with Crippen LogP contribution in [-0.4, -0.2) is 22.2 Å². The lowest BCUT2D eigenvalue weighted by atomic mass is 10.1. The molecule has 0 spiro atoms. The van der Waals surface area contributed by atoms with E-state index in [4.69, 9.17) is 10.5 Å². The SMILES string of the molecule is CC(C)CC(N)COc1cc2c(cc1Br)c1ccncc1c(=O)n2C. The molecule has 1 atom stereocenters. The molecule has 3 rings (SSSR count). The van der Waals surface area contributed by atoms with Crippen molar-refractivity contribution < 1.29 is 4.74 Å². The fourth-order valence-electron chi connectivity index (χ4n) is 3.11. The van der Waals surface area contributed by atoms with Gasteiger partial charge in [-0.05, 0) is 45.8 Å². The van der Waals surface area contributed by atoms with Gasteiger partial charge in [0.05, 0.1) is 15.4 Å². The fourth-order valence-corrected chi connectivity index (χ4v) is 3.56. The first kappa shape index (κ1) is 17.9. The second-order valence-electron chi connectivity index (χ2n) is 6.79. The van der Waals surface area contributed by atoms with Crippen molar-refractivity contribution >= 4 is 37.6 Å². The van der Waals surface area contributed by atoms with Crippen molar-refractivity contribution in [2.24, 2.45) is 18.7 Å². The maximum absolute atomic E-state index is 12.6. The van der Waals surface area contributed by atoms with E-state index in [0.717, 1.165) is 27.2 Å². The predicted molar refractivity (Wildman–Crippen MR) is 105 cm³/mol. The molecular weight excluding hydrogens is 382 g/mol. The van der Waals surface area contributed by atoms with Crippen molar-refractivity contribution in [3.8, 4) is 5.75 Å². The van der Waals surface area contributed by atoms with E-state index in [2.05, 4.69) is 34.8 Å². The molecule has 2 N–H and O–H groups in total. The number of nitrogens with two attached hydrogens (primary N) is 1. The minimum absolute atomic E-state index is 0.0194. The normalized spacial score (nSPS) is 12.9. The van der Waals surface area contributed by atoms with Crippen LogP contribution in [0.4, 0.5) is 0 Å². The zero-order chi connectivity index (χ0) is 18.1. The molecule has 6 heteroatoms. The highest BCUT2D eigenvalue weighted by Crippen LogP contribution is 2.33. The molecule has 0 fully saturated rings. The molecule has 2 aromatic heterocycles. The van der Waals surface area contributed by atoms with Crippen molar-refractivity contribution in [3.05, 3.63) is 45.4 Å². The summed E-state index contributed by atoms with van der Waals surface area (Å²) in [5, 5.41) is 2.47. The van der Waals surface area contributed by atoms with Crippen LogP contribution in [0.2, 0.25) is 0 Å². The molecule has 0 aliphatic carbocycles. The fraction of sp³-hybridized carbons (Fsp3) is 0.368. The van der Waals surface area contributed by atoms with Crippen molar-refractivity contribution in [3.63, 3.8) is 0 Å². The summed E-state index contributed by atoms with van der Waals surface area (Å²) in [7, 11) is 1.76. The Morgan fingerprint density at radius 2 is 2.04 bits per heavy atom. The van der Waals surface area contributed by atoms with Gasteiger partial charge in [0.1, 0.15) is 12.4 Å². The summed E-state index contributed by atoms with van der Waals surface area (Å²) in [4.78, 5) is 16.6. The van der Waals surface area contributed by atoms with E-state index < -0.39 is 0 Å². The average Bonchev–Trinajstić information content (AvgIpc) is 2.57. The second-order valence-corrected chi connectivity index (χ2v) is 7.64. The van der Waals surface area contributed by atoms with Crippen LogP contribution in [0, 0.1) is 5.92 Å². The predicted octanol–water partition coefficient (Wildman–Crippen LogP) is 3.60. The zero-order valence-electron chi connectivity index (χ0n) is 14.6. The van der Waals surface area contributed by atoms with Gasteiger partial charge in [0, 0.05) is 36.9 Å². The number of ether oxygens (including phenoxy) is 1. The van der Waals surface area contributed by atoms with E-state index in [0.29, 0.717) is 23.7 Å². The number of nitrogens with zero attached hydrogens (tertiary/aromatic N) is 2. The minimum atomic E-state index is -0.0691. The summed E-state index contributed by atoms with van der Waals surface area (Å²) in [6, 6.07) is 5.72. The Morgan fingerprint density at radius 1 is 1.28 bits per heavy atom. The number of benzene rings is 1. The van der Waals surface area contributed by atoms with Gasteiger partial charge < -0.3 is 15.0 Å². The number of aromatic nitrogens is 2. The third-order valence-electron chi connectivity index (χ3n) is 4.28. The number of aryl methyl sites for hydroxylation is 1. The van der Waals surface area contributed by atoms with Crippen LogP contribution in [0.25, 0.3) is 21.7 Å².